The minimum absolute atomic E-state index is 0.0548. The first-order valence-electron chi connectivity index (χ1n) is 8.85. The summed E-state index contributed by atoms with van der Waals surface area (Å²) in [7, 11) is 0. The number of hydrogen-bond donors (Lipinski definition) is 3. The maximum absolute atomic E-state index is 14.1. The van der Waals surface area contributed by atoms with Crippen molar-refractivity contribution in [1.82, 2.24) is 15.5 Å². The van der Waals surface area contributed by atoms with E-state index in [1.807, 2.05) is 0 Å². The highest BCUT2D eigenvalue weighted by Crippen LogP contribution is 2.28. The lowest BCUT2D eigenvalue weighted by Crippen LogP contribution is -2.41. The van der Waals surface area contributed by atoms with Crippen molar-refractivity contribution in [3.05, 3.63) is 69.6 Å². The summed E-state index contributed by atoms with van der Waals surface area (Å²) in [4.78, 5) is 25.4. The number of rotatable bonds is 5. The van der Waals surface area contributed by atoms with Crippen molar-refractivity contribution in [2.24, 2.45) is 0 Å². The fourth-order valence-corrected chi connectivity index (χ4v) is 3.62. The van der Waals surface area contributed by atoms with E-state index < -0.39 is 23.1 Å². The molecule has 0 atom stereocenters. The van der Waals surface area contributed by atoms with E-state index in [0.29, 0.717) is 10.4 Å². The first kappa shape index (κ1) is 19.8. The lowest BCUT2D eigenvalue weighted by molar-refractivity contribution is 0.0884. The third kappa shape index (κ3) is 3.69. The highest BCUT2D eigenvalue weighted by molar-refractivity contribution is 7.12. The summed E-state index contributed by atoms with van der Waals surface area (Å²) in [5, 5.41) is 13.7. The van der Waals surface area contributed by atoms with E-state index >= 15 is 0 Å². The Kier molecular flexibility index (Phi) is 4.86. The van der Waals surface area contributed by atoms with Crippen LogP contribution in [0, 0.1) is 11.6 Å². The van der Waals surface area contributed by atoms with Gasteiger partial charge in [0, 0.05) is 17.7 Å². The van der Waals surface area contributed by atoms with Gasteiger partial charge in [0.15, 0.2) is 17.2 Å². The predicted molar refractivity (Wildman–Crippen MR) is 107 cm³/mol. The van der Waals surface area contributed by atoms with Gasteiger partial charge in [-0.1, -0.05) is 12.1 Å². The van der Waals surface area contributed by atoms with Crippen LogP contribution in [0.1, 0.15) is 39.6 Å². The van der Waals surface area contributed by atoms with Crippen molar-refractivity contribution >= 4 is 40.1 Å². The van der Waals surface area contributed by atoms with Gasteiger partial charge < -0.3 is 15.1 Å². The fourth-order valence-electron chi connectivity index (χ4n) is 3.00. The summed E-state index contributed by atoms with van der Waals surface area (Å²) in [5.74, 6) is -2.34. The van der Waals surface area contributed by atoms with Crippen LogP contribution >= 0.6 is 11.3 Å². The van der Waals surface area contributed by atoms with Gasteiger partial charge in [0.05, 0.1) is 10.4 Å². The molecule has 30 heavy (non-hydrogen) atoms. The lowest BCUT2D eigenvalue weighted by Gasteiger charge is -2.26. The van der Waals surface area contributed by atoms with Gasteiger partial charge in [-0.25, -0.2) is 8.78 Å². The average molecular weight is 430 g/mol. The van der Waals surface area contributed by atoms with Gasteiger partial charge in [-0.2, -0.15) is 5.10 Å². The largest absolute Gasteiger partial charge is 0.445 e. The van der Waals surface area contributed by atoms with Crippen LogP contribution in [-0.4, -0.2) is 22.0 Å². The van der Waals surface area contributed by atoms with Gasteiger partial charge in [-0.05, 0) is 31.4 Å². The second-order valence-corrected chi connectivity index (χ2v) is 8.01. The zero-order chi connectivity index (χ0) is 21.5. The Morgan fingerprint density at radius 1 is 1.17 bits per heavy atom. The molecule has 4 rings (SSSR count). The molecule has 0 aliphatic heterocycles. The topological polar surface area (TPSA) is 100 Å². The molecule has 0 aliphatic carbocycles. The number of aromatic nitrogens is 2. The van der Waals surface area contributed by atoms with Gasteiger partial charge in [0.2, 0.25) is 0 Å². The Hall–Kier alpha value is -3.53. The Morgan fingerprint density at radius 2 is 1.97 bits per heavy atom. The first-order valence-corrected chi connectivity index (χ1v) is 9.73. The van der Waals surface area contributed by atoms with Crippen LogP contribution in [0.25, 0.3) is 11.1 Å². The molecular formula is C20H16F2N4O3S. The van der Waals surface area contributed by atoms with Crippen LogP contribution in [0.2, 0.25) is 0 Å². The number of halogens is 2. The average Bonchev–Trinajstić information content (AvgIpc) is 3.39. The number of aromatic amines is 1. The third-order valence-corrected chi connectivity index (χ3v) is 5.34. The number of amides is 2. The zero-order valence-electron chi connectivity index (χ0n) is 15.9. The third-order valence-electron chi connectivity index (χ3n) is 4.47. The molecular weight excluding hydrogens is 414 g/mol. The van der Waals surface area contributed by atoms with E-state index in [1.165, 1.54) is 23.5 Å². The number of benzene rings is 1. The monoisotopic (exact) mass is 430 g/mol. The molecule has 7 nitrogen and oxygen atoms in total. The SMILES string of the molecule is CC(C)(NC(=O)c1cc2[nH]nc(NC(=O)c3cccs3)c2o1)c1ccc(F)cc1F. The minimum atomic E-state index is -1.14. The van der Waals surface area contributed by atoms with Crippen LogP contribution in [0.5, 0.6) is 0 Å². The summed E-state index contributed by atoms with van der Waals surface area (Å²) in [5.41, 5.74) is -0.396. The Morgan fingerprint density at radius 3 is 2.67 bits per heavy atom. The smallest absolute Gasteiger partial charge is 0.287 e. The van der Waals surface area contributed by atoms with E-state index in [0.717, 1.165) is 12.1 Å². The standard InChI is InChI=1S/C20H16F2N4O3S/c1-20(2,11-6-5-10(21)8-12(11)22)24-18(27)14-9-13-16(29-14)17(26-25-13)23-19(28)15-4-3-7-30-15/h3-9H,1-2H3,(H,24,27)(H2,23,25,26,28). The number of carbonyl (C=O) groups excluding carboxylic acids is 2. The molecule has 0 fully saturated rings. The van der Waals surface area contributed by atoms with Crippen LogP contribution in [0.3, 0.4) is 0 Å². The maximum Gasteiger partial charge on any atom is 0.287 e. The maximum atomic E-state index is 14.1. The van der Waals surface area contributed by atoms with E-state index in [9.17, 15) is 18.4 Å². The summed E-state index contributed by atoms with van der Waals surface area (Å²) in [6, 6.07) is 8.00. The van der Waals surface area contributed by atoms with Crippen molar-refractivity contribution in [3.63, 3.8) is 0 Å². The van der Waals surface area contributed by atoms with Gasteiger partial charge in [0.25, 0.3) is 11.8 Å². The second-order valence-electron chi connectivity index (χ2n) is 7.06. The molecule has 0 saturated heterocycles. The molecule has 154 valence electrons. The second kappa shape index (κ2) is 7.38. The van der Waals surface area contributed by atoms with Crippen LogP contribution in [0.15, 0.2) is 46.2 Å². The zero-order valence-corrected chi connectivity index (χ0v) is 16.7. The Bertz CT molecular complexity index is 1240. The molecule has 0 aliphatic rings. The minimum Gasteiger partial charge on any atom is -0.445 e. The number of furan rings is 1. The normalized spacial score (nSPS) is 11.6. The van der Waals surface area contributed by atoms with Crippen LogP contribution in [0.4, 0.5) is 14.6 Å². The number of thiophene rings is 1. The number of nitrogens with zero attached hydrogens (tertiary/aromatic N) is 1. The van der Waals surface area contributed by atoms with Gasteiger partial charge in [0.1, 0.15) is 17.2 Å². The summed E-state index contributed by atoms with van der Waals surface area (Å²) in [6.45, 7) is 3.18. The summed E-state index contributed by atoms with van der Waals surface area (Å²) < 4.78 is 32.9. The van der Waals surface area contributed by atoms with Crippen LogP contribution in [-0.2, 0) is 5.54 Å². The Balaban J connectivity index is 1.55. The molecule has 4 aromatic rings. The molecule has 3 heterocycles. The number of hydrogen-bond acceptors (Lipinski definition) is 5. The molecule has 10 heteroatoms. The van der Waals surface area contributed by atoms with Gasteiger partial charge in [-0.15, -0.1) is 11.3 Å². The molecule has 0 unspecified atom stereocenters. The Labute approximate surface area is 173 Å². The van der Waals surface area contributed by atoms with E-state index in [-0.39, 0.29) is 28.6 Å². The van der Waals surface area contributed by atoms with Crippen molar-refractivity contribution in [1.29, 1.82) is 0 Å². The van der Waals surface area contributed by atoms with Gasteiger partial charge in [-0.3, -0.25) is 14.7 Å². The summed E-state index contributed by atoms with van der Waals surface area (Å²) >= 11 is 1.28. The van der Waals surface area contributed by atoms with E-state index in [4.69, 9.17) is 4.42 Å². The highest BCUT2D eigenvalue weighted by atomic mass is 32.1. The number of carbonyl (C=O) groups is 2. The van der Waals surface area contributed by atoms with Crippen LogP contribution < -0.4 is 10.6 Å². The highest BCUT2D eigenvalue weighted by Gasteiger charge is 2.29. The number of nitrogens with one attached hydrogen (secondary N) is 3. The number of anilines is 1. The molecule has 1 aromatic carbocycles. The number of fused-ring (bicyclic) bond motifs is 1. The molecule has 0 radical (unpaired) electrons. The summed E-state index contributed by atoms with van der Waals surface area (Å²) in [6.07, 6.45) is 0. The molecule has 0 saturated carbocycles. The van der Waals surface area contributed by atoms with E-state index in [2.05, 4.69) is 20.8 Å². The first-order chi connectivity index (χ1) is 14.2. The van der Waals surface area contributed by atoms with Crippen molar-refractivity contribution in [2.75, 3.05) is 5.32 Å². The molecule has 2 amide bonds. The lowest BCUT2D eigenvalue weighted by atomic mass is 9.93. The van der Waals surface area contributed by atoms with Gasteiger partial charge >= 0.3 is 0 Å². The van der Waals surface area contributed by atoms with Crippen molar-refractivity contribution in [2.45, 2.75) is 19.4 Å². The molecule has 0 bridgehead atoms. The molecule has 0 spiro atoms. The van der Waals surface area contributed by atoms with E-state index in [1.54, 1.807) is 31.4 Å². The quantitative estimate of drug-likeness (QED) is 0.437. The van der Waals surface area contributed by atoms with Crippen molar-refractivity contribution < 1.29 is 22.8 Å². The molecule has 3 aromatic heterocycles. The fraction of sp³-hybridized carbons (Fsp3) is 0.150. The van der Waals surface area contributed by atoms with Crippen molar-refractivity contribution in [3.8, 4) is 0 Å². The number of H-pyrrole nitrogens is 1. The molecule has 3 N–H and O–H groups in total. The predicted octanol–water partition coefficient (Wildman–Crippen LogP) is 4.41.